The molecule has 0 saturated heterocycles. The van der Waals surface area contributed by atoms with Crippen LogP contribution < -0.4 is 5.43 Å². The summed E-state index contributed by atoms with van der Waals surface area (Å²) < 4.78 is 0.426. The summed E-state index contributed by atoms with van der Waals surface area (Å²) in [6.07, 6.45) is 0.962. The van der Waals surface area contributed by atoms with Gasteiger partial charge in [-0.2, -0.15) is 10.4 Å². The van der Waals surface area contributed by atoms with E-state index in [9.17, 15) is 9.90 Å². The van der Waals surface area contributed by atoms with Crippen LogP contribution >= 0.6 is 27.5 Å². The molecule has 0 spiro atoms. The van der Waals surface area contributed by atoms with Crippen LogP contribution in [0.5, 0.6) is 5.75 Å². The number of phenols is 1. The summed E-state index contributed by atoms with van der Waals surface area (Å²) in [5.74, 6) is -0.558. The molecule has 0 bridgehead atoms. The molecular formula is C10H7BrClN3O2. The van der Waals surface area contributed by atoms with Gasteiger partial charge in [-0.25, -0.2) is 5.43 Å². The van der Waals surface area contributed by atoms with Crippen LogP contribution in [0.15, 0.2) is 21.7 Å². The van der Waals surface area contributed by atoms with Crippen molar-refractivity contribution in [3.8, 4) is 11.8 Å². The van der Waals surface area contributed by atoms with Crippen LogP contribution in [-0.4, -0.2) is 17.2 Å². The maximum absolute atomic E-state index is 10.9. The Morgan fingerprint density at radius 1 is 1.71 bits per heavy atom. The number of nitrogens with zero attached hydrogens (tertiary/aromatic N) is 2. The van der Waals surface area contributed by atoms with E-state index in [0.29, 0.717) is 15.1 Å². The largest absolute Gasteiger partial charge is 0.506 e. The second kappa shape index (κ2) is 6.23. The maximum Gasteiger partial charge on any atom is 0.254 e. The van der Waals surface area contributed by atoms with Gasteiger partial charge >= 0.3 is 0 Å². The normalized spacial score (nSPS) is 10.2. The highest BCUT2D eigenvalue weighted by Crippen LogP contribution is 2.30. The standard InChI is InChI=1S/C10H7BrClN3O2/c11-8-4-7(12)3-6(10(8)17)5-14-15-9(16)1-2-13/h3-5,17H,1H2,(H,15,16)/b14-5-. The number of amides is 1. The number of nitriles is 1. The van der Waals surface area contributed by atoms with E-state index in [4.69, 9.17) is 16.9 Å². The van der Waals surface area contributed by atoms with Gasteiger partial charge in [-0.3, -0.25) is 4.79 Å². The Bertz CT molecular complexity index is 511. The third-order valence-corrected chi connectivity index (χ3v) is 2.51. The predicted octanol–water partition coefficient (Wildman–Crippen LogP) is 2.17. The van der Waals surface area contributed by atoms with Crippen LogP contribution in [0.3, 0.4) is 0 Å². The van der Waals surface area contributed by atoms with E-state index in [0.717, 1.165) is 0 Å². The van der Waals surface area contributed by atoms with Crippen molar-refractivity contribution in [1.82, 2.24) is 5.43 Å². The molecule has 2 N–H and O–H groups in total. The number of carbonyl (C=O) groups excluding carboxylic acids is 1. The van der Waals surface area contributed by atoms with Crippen molar-refractivity contribution in [3.63, 3.8) is 0 Å². The summed E-state index contributed by atoms with van der Waals surface area (Å²) in [4.78, 5) is 10.9. The third-order valence-electron chi connectivity index (χ3n) is 1.69. The van der Waals surface area contributed by atoms with Crippen LogP contribution in [0.2, 0.25) is 5.02 Å². The maximum atomic E-state index is 10.9. The van der Waals surface area contributed by atoms with Gasteiger partial charge in [0.15, 0.2) is 0 Å². The first-order chi connectivity index (χ1) is 8.04. The van der Waals surface area contributed by atoms with Crippen LogP contribution in [0.1, 0.15) is 12.0 Å². The number of nitrogens with one attached hydrogen (secondary N) is 1. The second-order valence-electron chi connectivity index (χ2n) is 2.95. The van der Waals surface area contributed by atoms with Gasteiger partial charge in [-0.1, -0.05) is 11.6 Å². The van der Waals surface area contributed by atoms with E-state index in [1.807, 2.05) is 0 Å². The zero-order chi connectivity index (χ0) is 12.8. The van der Waals surface area contributed by atoms with E-state index < -0.39 is 5.91 Å². The van der Waals surface area contributed by atoms with E-state index in [1.54, 1.807) is 6.07 Å². The van der Waals surface area contributed by atoms with Crippen molar-refractivity contribution in [1.29, 1.82) is 5.26 Å². The van der Waals surface area contributed by atoms with Gasteiger partial charge in [-0.15, -0.1) is 0 Å². The molecule has 5 nitrogen and oxygen atoms in total. The van der Waals surface area contributed by atoms with Crippen molar-refractivity contribution >= 4 is 39.7 Å². The first-order valence-corrected chi connectivity index (χ1v) is 5.58. The van der Waals surface area contributed by atoms with Gasteiger partial charge in [-0.05, 0) is 28.1 Å². The molecule has 0 aromatic heterocycles. The molecule has 0 atom stereocenters. The van der Waals surface area contributed by atoms with Gasteiger partial charge in [0.1, 0.15) is 12.2 Å². The number of carbonyl (C=O) groups is 1. The molecule has 0 saturated carbocycles. The van der Waals surface area contributed by atoms with E-state index in [-0.39, 0.29) is 12.2 Å². The topological polar surface area (TPSA) is 85.5 Å². The fourth-order valence-corrected chi connectivity index (χ4v) is 1.80. The number of benzene rings is 1. The van der Waals surface area contributed by atoms with Gasteiger partial charge in [0.2, 0.25) is 0 Å². The lowest BCUT2D eigenvalue weighted by atomic mass is 10.2. The lowest BCUT2D eigenvalue weighted by Gasteiger charge is -2.02. The Morgan fingerprint density at radius 3 is 3.06 bits per heavy atom. The molecule has 0 aliphatic carbocycles. The second-order valence-corrected chi connectivity index (χ2v) is 4.24. The van der Waals surface area contributed by atoms with Crippen molar-refractivity contribution in [3.05, 3.63) is 27.2 Å². The highest BCUT2D eigenvalue weighted by molar-refractivity contribution is 9.10. The summed E-state index contributed by atoms with van der Waals surface area (Å²) in [5, 5.41) is 21.9. The lowest BCUT2D eigenvalue weighted by molar-refractivity contribution is -0.120. The van der Waals surface area contributed by atoms with Crippen LogP contribution in [-0.2, 0) is 4.79 Å². The Morgan fingerprint density at radius 2 is 2.41 bits per heavy atom. The molecule has 0 aliphatic heterocycles. The SMILES string of the molecule is N#CCC(=O)N/N=C\c1cc(Cl)cc(Br)c1O. The van der Waals surface area contributed by atoms with Crippen molar-refractivity contribution in [2.45, 2.75) is 6.42 Å². The van der Waals surface area contributed by atoms with Gasteiger partial charge in [0, 0.05) is 10.6 Å². The lowest BCUT2D eigenvalue weighted by Crippen LogP contribution is -2.16. The summed E-state index contributed by atoms with van der Waals surface area (Å²) >= 11 is 8.90. The molecule has 1 aromatic carbocycles. The highest BCUT2D eigenvalue weighted by atomic mass is 79.9. The molecule has 1 rings (SSSR count). The summed E-state index contributed by atoms with van der Waals surface area (Å²) in [7, 11) is 0. The number of halogens is 2. The summed E-state index contributed by atoms with van der Waals surface area (Å²) in [6.45, 7) is 0. The first kappa shape index (κ1) is 13.5. The van der Waals surface area contributed by atoms with E-state index in [2.05, 4.69) is 26.5 Å². The Balaban J connectivity index is 2.79. The quantitative estimate of drug-likeness (QED) is 0.662. The molecule has 88 valence electrons. The Labute approximate surface area is 111 Å². The fraction of sp³-hybridized carbons (Fsp3) is 0.100. The van der Waals surface area contributed by atoms with Crippen LogP contribution in [0, 0.1) is 11.3 Å². The van der Waals surface area contributed by atoms with Gasteiger partial charge in [0.05, 0.1) is 16.8 Å². The zero-order valence-corrected chi connectivity index (χ0v) is 10.8. The molecular weight excluding hydrogens is 309 g/mol. The van der Waals surface area contributed by atoms with E-state index in [1.165, 1.54) is 18.3 Å². The summed E-state index contributed by atoms with van der Waals surface area (Å²) in [5.41, 5.74) is 2.49. The average molecular weight is 317 g/mol. The predicted molar refractivity (Wildman–Crippen MR) is 66.8 cm³/mol. The molecule has 7 heteroatoms. The minimum atomic E-state index is -0.524. The van der Waals surface area contributed by atoms with Crippen molar-refractivity contribution in [2.24, 2.45) is 5.10 Å². The minimum Gasteiger partial charge on any atom is -0.506 e. The Kier molecular flexibility index (Phi) is 4.94. The average Bonchev–Trinajstić information content (AvgIpc) is 2.25. The molecule has 0 radical (unpaired) electrons. The molecule has 0 aliphatic rings. The number of rotatable bonds is 3. The molecule has 1 aromatic rings. The highest BCUT2D eigenvalue weighted by Gasteiger charge is 2.05. The monoisotopic (exact) mass is 315 g/mol. The van der Waals surface area contributed by atoms with Crippen LogP contribution in [0.4, 0.5) is 0 Å². The van der Waals surface area contributed by atoms with E-state index >= 15 is 0 Å². The third kappa shape index (κ3) is 4.06. The fourth-order valence-electron chi connectivity index (χ4n) is 0.969. The molecule has 1 amide bonds. The zero-order valence-electron chi connectivity index (χ0n) is 8.44. The van der Waals surface area contributed by atoms with Gasteiger partial charge in [0.25, 0.3) is 5.91 Å². The first-order valence-electron chi connectivity index (χ1n) is 4.41. The van der Waals surface area contributed by atoms with Gasteiger partial charge < -0.3 is 5.11 Å². The molecule has 0 heterocycles. The summed E-state index contributed by atoms with van der Waals surface area (Å²) in [6, 6.07) is 4.70. The molecule has 17 heavy (non-hydrogen) atoms. The number of hydrazone groups is 1. The number of phenolic OH excluding ortho intramolecular Hbond substituents is 1. The number of hydrogen-bond acceptors (Lipinski definition) is 4. The van der Waals surface area contributed by atoms with Crippen molar-refractivity contribution < 1.29 is 9.90 Å². The smallest absolute Gasteiger partial charge is 0.254 e. The molecule has 0 unspecified atom stereocenters. The molecule has 0 fully saturated rings. The van der Waals surface area contributed by atoms with Crippen molar-refractivity contribution in [2.75, 3.05) is 0 Å². The number of hydrogen-bond donors (Lipinski definition) is 2. The minimum absolute atomic E-state index is 0.0346. The van der Waals surface area contributed by atoms with Crippen LogP contribution in [0.25, 0.3) is 0 Å². The Hall–Kier alpha value is -1.58. The number of aromatic hydroxyl groups is 1.